The molecule has 1 amide bonds. The summed E-state index contributed by atoms with van der Waals surface area (Å²) in [5.41, 5.74) is 0.853. The van der Waals surface area contributed by atoms with E-state index in [0.717, 1.165) is 18.4 Å². The van der Waals surface area contributed by atoms with Gasteiger partial charge in [-0.25, -0.2) is 8.42 Å². The lowest BCUT2D eigenvalue weighted by molar-refractivity contribution is -0.123. The van der Waals surface area contributed by atoms with Gasteiger partial charge in [0.15, 0.2) is 0 Å². The molecule has 2 atom stereocenters. The van der Waals surface area contributed by atoms with Crippen molar-refractivity contribution in [2.45, 2.75) is 50.1 Å². The Labute approximate surface area is 177 Å². The van der Waals surface area contributed by atoms with Crippen molar-refractivity contribution in [2.24, 2.45) is 0 Å². The molecular weight excluding hydrogens is 412 g/mol. The molecule has 0 unspecified atom stereocenters. The maximum absolute atomic E-state index is 12.9. The molecule has 0 aliphatic carbocycles. The summed E-state index contributed by atoms with van der Waals surface area (Å²) in [5, 5.41) is 3.07. The fraction of sp³-hybridized carbons (Fsp3) is 0.381. The third kappa shape index (κ3) is 6.73. The summed E-state index contributed by atoms with van der Waals surface area (Å²) in [6.45, 7) is 3.93. The van der Waals surface area contributed by atoms with Crippen molar-refractivity contribution in [2.75, 3.05) is 7.11 Å². The molecule has 0 spiro atoms. The molecule has 2 rings (SSSR count). The summed E-state index contributed by atoms with van der Waals surface area (Å²) in [7, 11) is -2.52. The highest BCUT2D eigenvalue weighted by Gasteiger charge is 2.27. The average Bonchev–Trinajstić information content (AvgIpc) is 2.68. The van der Waals surface area contributed by atoms with Crippen molar-refractivity contribution in [3.63, 3.8) is 0 Å². The Morgan fingerprint density at radius 2 is 1.86 bits per heavy atom. The van der Waals surface area contributed by atoms with Crippen LogP contribution in [0.4, 0.5) is 0 Å². The topological polar surface area (TPSA) is 84.5 Å². The van der Waals surface area contributed by atoms with Crippen molar-refractivity contribution < 1.29 is 17.9 Å². The number of carbonyl (C=O) groups is 1. The van der Waals surface area contributed by atoms with E-state index >= 15 is 0 Å². The molecule has 158 valence electrons. The number of amides is 1. The minimum absolute atomic E-state index is 0.0317. The number of ether oxygens (including phenoxy) is 1. The minimum atomic E-state index is -3.97. The van der Waals surface area contributed by atoms with E-state index in [1.165, 1.54) is 25.3 Å². The van der Waals surface area contributed by atoms with Crippen LogP contribution < -0.4 is 14.8 Å². The minimum Gasteiger partial charge on any atom is -0.495 e. The van der Waals surface area contributed by atoms with Crippen molar-refractivity contribution in [1.29, 1.82) is 0 Å². The molecule has 2 aromatic rings. The molecule has 2 N–H and O–H groups in total. The first-order valence-electron chi connectivity index (χ1n) is 9.47. The molecule has 0 aliphatic rings. The number of benzene rings is 2. The number of carbonyl (C=O) groups excluding carboxylic acids is 1. The molecular formula is C21H27ClN2O4S. The van der Waals surface area contributed by atoms with Gasteiger partial charge in [0.05, 0.1) is 17.0 Å². The number of halogens is 1. The summed E-state index contributed by atoms with van der Waals surface area (Å²) >= 11 is 6.07. The van der Waals surface area contributed by atoms with E-state index in [9.17, 15) is 13.2 Å². The predicted molar refractivity (Wildman–Crippen MR) is 115 cm³/mol. The Morgan fingerprint density at radius 3 is 2.45 bits per heavy atom. The van der Waals surface area contributed by atoms with E-state index in [-0.39, 0.29) is 28.3 Å². The number of hydrogen-bond acceptors (Lipinski definition) is 4. The molecule has 0 saturated heterocycles. The number of methoxy groups -OCH3 is 1. The Hall–Kier alpha value is -2.09. The molecule has 8 heteroatoms. The van der Waals surface area contributed by atoms with Crippen molar-refractivity contribution >= 4 is 27.5 Å². The molecule has 2 aromatic carbocycles. The maximum atomic E-state index is 12.9. The van der Waals surface area contributed by atoms with E-state index in [4.69, 9.17) is 16.3 Å². The van der Waals surface area contributed by atoms with Crippen LogP contribution in [0.5, 0.6) is 5.75 Å². The third-order valence-electron chi connectivity index (χ3n) is 4.44. The van der Waals surface area contributed by atoms with Gasteiger partial charge in [-0.05, 0) is 43.5 Å². The first-order chi connectivity index (χ1) is 13.8. The highest BCUT2D eigenvalue weighted by Crippen LogP contribution is 2.27. The first kappa shape index (κ1) is 23.2. The number of nitrogens with one attached hydrogen (secondary N) is 2. The summed E-state index contributed by atoms with van der Waals surface area (Å²) in [4.78, 5) is 12.8. The van der Waals surface area contributed by atoms with Gasteiger partial charge in [0, 0.05) is 6.04 Å². The molecule has 6 nitrogen and oxygen atoms in total. The SMILES string of the molecule is CCC[C@H](C)NC(=O)[C@@H](Cc1ccccc1)NS(=O)(=O)c1ccc(OC)c(Cl)c1. The monoisotopic (exact) mass is 438 g/mol. The first-order valence-corrected chi connectivity index (χ1v) is 11.3. The van der Waals surface area contributed by atoms with Gasteiger partial charge in [0.1, 0.15) is 11.8 Å². The quantitative estimate of drug-likeness (QED) is 0.594. The summed E-state index contributed by atoms with van der Waals surface area (Å²) in [6, 6.07) is 12.4. The van der Waals surface area contributed by atoms with E-state index < -0.39 is 16.1 Å². The fourth-order valence-electron chi connectivity index (χ4n) is 2.96. The van der Waals surface area contributed by atoms with Gasteiger partial charge < -0.3 is 10.1 Å². The van der Waals surface area contributed by atoms with Crippen LogP contribution in [0, 0.1) is 0 Å². The Morgan fingerprint density at radius 1 is 1.17 bits per heavy atom. The van der Waals surface area contributed by atoms with E-state index in [1.54, 1.807) is 0 Å². The van der Waals surface area contributed by atoms with Crippen LogP contribution in [0.2, 0.25) is 5.02 Å². The number of hydrogen-bond donors (Lipinski definition) is 2. The van der Waals surface area contributed by atoms with E-state index in [1.807, 2.05) is 44.2 Å². The zero-order valence-electron chi connectivity index (χ0n) is 16.8. The fourth-order valence-corrected chi connectivity index (χ4v) is 4.50. The normalized spacial score (nSPS) is 13.5. The zero-order chi connectivity index (χ0) is 21.4. The van der Waals surface area contributed by atoms with Crippen LogP contribution in [0.25, 0.3) is 0 Å². The molecule has 29 heavy (non-hydrogen) atoms. The lowest BCUT2D eigenvalue weighted by Gasteiger charge is -2.21. The summed E-state index contributed by atoms with van der Waals surface area (Å²) in [5.74, 6) is 0.00979. The van der Waals surface area contributed by atoms with E-state index in [0.29, 0.717) is 5.75 Å². The van der Waals surface area contributed by atoms with Crippen molar-refractivity contribution in [1.82, 2.24) is 10.0 Å². The Kier molecular flexibility index (Phi) is 8.49. The molecule has 0 fully saturated rings. The van der Waals surface area contributed by atoms with Gasteiger partial charge in [-0.2, -0.15) is 4.72 Å². The third-order valence-corrected chi connectivity index (χ3v) is 6.21. The molecule has 0 radical (unpaired) electrons. The van der Waals surface area contributed by atoms with Gasteiger partial charge in [0.25, 0.3) is 0 Å². The van der Waals surface area contributed by atoms with Gasteiger partial charge in [0.2, 0.25) is 15.9 Å². The van der Waals surface area contributed by atoms with Crippen LogP contribution in [0.3, 0.4) is 0 Å². The number of sulfonamides is 1. The second-order valence-electron chi connectivity index (χ2n) is 6.86. The van der Waals surface area contributed by atoms with Crippen LogP contribution in [0.15, 0.2) is 53.4 Å². The van der Waals surface area contributed by atoms with Crippen LogP contribution in [-0.2, 0) is 21.2 Å². The molecule has 0 saturated carbocycles. The average molecular weight is 439 g/mol. The standard InChI is InChI=1S/C21H27ClN2O4S/c1-4-8-15(2)23-21(25)19(13-16-9-6-5-7-10-16)24-29(26,27)17-11-12-20(28-3)18(22)14-17/h5-7,9-12,14-15,19,24H,4,8,13H2,1-3H3,(H,23,25)/t15-,19+/m0/s1. The Balaban J connectivity index is 2.27. The van der Waals surface area contributed by atoms with Crippen LogP contribution in [-0.4, -0.2) is 33.5 Å². The molecule has 0 bridgehead atoms. The summed E-state index contributed by atoms with van der Waals surface area (Å²) < 4.78 is 33.4. The van der Waals surface area contributed by atoms with Crippen LogP contribution in [0.1, 0.15) is 32.3 Å². The van der Waals surface area contributed by atoms with E-state index in [2.05, 4.69) is 10.0 Å². The number of rotatable bonds is 10. The highest BCUT2D eigenvalue weighted by atomic mass is 35.5. The molecule has 0 aliphatic heterocycles. The predicted octanol–water partition coefficient (Wildman–Crippen LogP) is 3.54. The molecule has 0 heterocycles. The van der Waals surface area contributed by atoms with Crippen molar-refractivity contribution in [3.8, 4) is 5.75 Å². The highest BCUT2D eigenvalue weighted by molar-refractivity contribution is 7.89. The second kappa shape index (κ2) is 10.6. The van der Waals surface area contributed by atoms with Gasteiger partial charge in [-0.15, -0.1) is 0 Å². The lowest BCUT2D eigenvalue weighted by Crippen LogP contribution is -2.50. The van der Waals surface area contributed by atoms with Gasteiger partial charge >= 0.3 is 0 Å². The van der Waals surface area contributed by atoms with Crippen molar-refractivity contribution in [3.05, 3.63) is 59.1 Å². The molecule has 0 aromatic heterocycles. The van der Waals surface area contributed by atoms with Gasteiger partial charge in [-0.3, -0.25) is 4.79 Å². The lowest BCUT2D eigenvalue weighted by atomic mass is 10.1. The van der Waals surface area contributed by atoms with Crippen LogP contribution >= 0.6 is 11.6 Å². The Bertz CT molecular complexity index is 920. The smallest absolute Gasteiger partial charge is 0.241 e. The van der Waals surface area contributed by atoms with Gasteiger partial charge in [-0.1, -0.05) is 55.3 Å². The second-order valence-corrected chi connectivity index (χ2v) is 8.98. The largest absolute Gasteiger partial charge is 0.495 e. The summed E-state index contributed by atoms with van der Waals surface area (Å²) in [6.07, 6.45) is 1.96. The maximum Gasteiger partial charge on any atom is 0.241 e. The zero-order valence-corrected chi connectivity index (χ0v) is 18.4.